The van der Waals surface area contributed by atoms with Gasteiger partial charge in [0.2, 0.25) is 0 Å². The molecule has 0 bridgehead atoms. The van der Waals surface area contributed by atoms with Crippen LogP contribution in [0.2, 0.25) is 0 Å². The van der Waals surface area contributed by atoms with Gasteiger partial charge in [0, 0.05) is 70.7 Å². The molecular weight excluding hydrogens is 376 g/mol. The first-order valence-electron chi connectivity index (χ1n) is 10.7. The third-order valence-electron chi connectivity index (χ3n) is 6.45. The van der Waals surface area contributed by atoms with Gasteiger partial charge in [0.25, 0.3) is 0 Å². The van der Waals surface area contributed by atoms with Gasteiger partial charge in [0.15, 0.2) is 5.79 Å². The second-order valence-electron chi connectivity index (χ2n) is 8.83. The lowest BCUT2D eigenvalue weighted by Crippen LogP contribution is -2.42. The van der Waals surface area contributed by atoms with Crippen molar-refractivity contribution in [1.82, 2.24) is 0 Å². The normalized spacial score (nSPS) is 20.7. The summed E-state index contributed by atoms with van der Waals surface area (Å²) in [4.78, 5) is 17.3. The Labute approximate surface area is 179 Å². The number of ketones is 1. The monoisotopic (exact) mass is 408 g/mol. The van der Waals surface area contributed by atoms with Gasteiger partial charge in [-0.25, -0.2) is 0 Å². The highest BCUT2D eigenvalue weighted by Crippen LogP contribution is 2.45. The molecule has 1 saturated carbocycles. The molecule has 0 radical (unpaired) electrons. The van der Waals surface area contributed by atoms with Crippen LogP contribution in [0, 0.1) is 5.92 Å². The number of ether oxygens (including phenoxy) is 2. The topological polar surface area (TPSA) is 42.0 Å². The summed E-state index contributed by atoms with van der Waals surface area (Å²) in [5, 5.41) is 0. The fraction of sp³-hybridized carbons (Fsp3) is 0.480. The Hall–Kier alpha value is -2.37. The smallest absolute Gasteiger partial charge is 0.169 e. The zero-order valence-corrected chi connectivity index (χ0v) is 18.4. The van der Waals surface area contributed by atoms with E-state index < -0.39 is 5.79 Å². The van der Waals surface area contributed by atoms with Crippen LogP contribution in [-0.4, -0.2) is 53.0 Å². The molecular formula is C25H32N2O3. The van der Waals surface area contributed by atoms with Crippen LogP contribution >= 0.6 is 0 Å². The van der Waals surface area contributed by atoms with Crippen LogP contribution in [0.4, 0.5) is 11.4 Å². The van der Waals surface area contributed by atoms with E-state index in [1.807, 2.05) is 28.2 Å². The molecule has 2 aliphatic rings. The third-order valence-corrected chi connectivity index (χ3v) is 6.45. The van der Waals surface area contributed by atoms with Crippen molar-refractivity contribution in [1.29, 1.82) is 0 Å². The van der Waals surface area contributed by atoms with Crippen molar-refractivity contribution >= 4 is 17.2 Å². The lowest BCUT2D eigenvalue weighted by molar-refractivity contribution is -0.190. The van der Waals surface area contributed by atoms with Gasteiger partial charge in [-0.15, -0.1) is 0 Å². The predicted octanol–water partition coefficient (Wildman–Crippen LogP) is 4.06. The minimum absolute atomic E-state index is 0.0186. The number of hydrogen-bond donors (Lipinski definition) is 0. The Bertz CT molecular complexity index is 817. The highest BCUT2D eigenvalue weighted by atomic mass is 16.7. The van der Waals surface area contributed by atoms with Crippen LogP contribution in [0.1, 0.15) is 36.3 Å². The molecule has 1 heterocycles. The number of hydrogen-bond acceptors (Lipinski definition) is 5. The standard InChI is InChI=1S/C25H32N2O3/c1-26(2)20-9-5-18(6-10-20)24(19-7-11-21(12-8-19)27(3)4)22-17-25(14-13-23(22)28)29-15-16-30-25/h5-12,22,24H,13-17H2,1-4H3/t22-/m1/s1. The average molecular weight is 409 g/mol. The van der Waals surface area contributed by atoms with Crippen LogP contribution in [0.5, 0.6) is 0 Å². The van der Waals surface area contributed by atoms with Crippen molar-refractivity contribution in [2.45, 2.75) is 31.0 Å². The zero-order chi connectivity index (χ0) is 21.3. The quantitative estimate of drug-likeness (QED) is 0.746. The van der Waals surface area contributed by atoms with Crippen LogP contribution in [0.25, 0.3) is 0 Å². The molecule has 2 fully saturated rings. The first kappa shape index (κ1) is 20.9. The van der Waals surface area contributed by atoms with Gasteiger partial charge in [0.1, 0.15) is 5.78 Å². The molecule has 0 unspecified atom stereocenters. The number of anilines is 2. The summed E-state index contributed by atoms with van der Waals surface area (Å²) in [5.41, 5.74) is 4.61. The number of nitrogens with zero attached hydrogens (tertiary/aromatic N) is 2. The summed E-state index contributed by atoms with van der Waals surface area (Å²) in [6.45, 7) is 1.22. The van der Waals surface area contributed by atoms with Gasteiger partial charge < -0.3 is 19.3 Å². The molecule has 1 aliphatic carbocycles. The summed E-state index contributed by atoms with van der Waals surface area (Å²) in [7, 11) is 8.15. The number of carbonyl (C=O) groups excluding carboxylic acids is 1. The van der Waals surface area contributed by atoms with E-state index in [0.29, 0.717) is 38.3 Å². The van der Waals surface area contributed by atoms with E-state index in [9.17, 15) is 4.79 Å². The van der Waals surface area contributed by atoms with E-state index in [0.717, 1.165) is 22.5 Å². The van der Waals surface area contributed by atoms with E-state index in [2.05, 4.69) is 58.3 Å². The molecule has 30 heavy (non-hydrogen) atoms. The second kappa shape index (κ2) is 8.40. The maximum atomic E-state index is 13.1. The first-order valence-corrected chi connectivity index (χ1v) is 10.7. The van der Waals surface area contributed by atoms with E-state index in [4.69, 9.17) is 9.47 Å². The molecule has 0 N–H and O–H groups in total. The lowest BCUT2D eigenvalue weighted by Gasteiger charge is -2.39. The molecule has 2 aromatic rings. The summed E-state index contributed by atoms with van der Waals surface area (Å²) < 4.78 is 12.0. The molecule has 1 atom stereocenters. The van der Waals surface area contributed by atoms with Crippen LogP contribution < -0.4 is 9.80 Å². The van der Waals surface area contributed by atoms with Gasteiger partial charge in [-0.1, -0.05) is 24.3 Å². The molecule has 5 heteroatoms. The fourth-order valence-electron chi connectivity index (χ4n) is 4.73. The number of benzene rings is 2. The van der Waals surface area contributed by atoms with Crippen molar-refractivity contribution in [2.75, 3.05) is 51.2 Å². The van der Waals surface area contributed by atoms with E-state index in [1.54, 1.807) is 0 Å². The van der Waals surface area contributed by atoms with E-state index in [-0.39, 0.29) is 11.8 Å². The van der Waals surface area contributed by atoms with Gasteiger partial charge in [-0.2, -0.15) is 0 Å². The number of carbonyl (C=O) groups is 1. The summed E-state index contributed by atoms with van der Waals surface area (Å²) in [6.07, 6.45) is 1.78. The minimum atomic E-state index is -0.593. The van der Waals surface area contributed by atoms with Crippen molar-refractivity contribution in [2.24, 2.45) is 5.92 Å². The minimum Gasteiger partial charge on any atom is -0.378 e. The van der Waals surface area contributed by atoms with Crippen molar-refractivity contribution < 1.29 is 14.3 Å². The highest BCUT2D eigenvalue weighted by Gasteiger charge is 2.47. The maximum Gasteiger partial charge on any atom is 0.169 e. The fourth-order valence-corrected chi connectivity index (χ4v) is 4.73. The Morgan fingerprint density at radius 1 is 0.833 bits per heavy atom. The molecule has 160 valence electrons. The van der Waals surface area contributed by atoms with Crippen molar-refractivity contribution in [3.63, 3.8) is 0 Å². The predicted molar refractivity (Wildman–Crippen MR) is 120 cm³/mol. The SMILES string of the molecule is CN(C)c1ccc(C(c2ccc(N(C)C)cc2)[C@@H]2CC3(CCC2=O)OCCO3)cc1. The molecule has 1 spiro atoms. The van der Waals surface area contributed by atoms with E-state index >= 15 is 0 Å². The van der Waals surface area contributed by atoms with Crippen LogP contribution in [-0.2, 0) is 14.3 Å². The molecule has 4 rings (SSSR count). The van der Waals surface area contributed by atoms with Gasteiger partial charge >= 0.3 is 0 Å². The van der Waals surface area contributed by atoms with Crippen LogP contribution in [0.15, 0.2) is 48.5 Å². The molecule has 0 amide bonds. The maximum absolute atomic E-state index is 13.1. The molecule has 1 saturated heterocycles. The second-order valence-corrected chi connectivity index (χ2v) is 8.83. The third kappa shape index (κ3) is 4.09. The molecule has 2 aromatic carbocycles. The summed E-state index contributed by atoms with van der Waals surface area (Å²) in [6, 6.07) is 17.1. The van der Waals surface area contributed by atoms with Gasteiger partial charge in [-0.05, 0) is 35.4 Å². The van der Waals surface area contributed by atoms with Gasteiger partial charge in [0.05, 0.1) is 13.2 Å². The van der Waals surface area contributed by atoms with Crippen molar-refractivity contribution in [3.05, 3.63) is 59.7 Å². The largest absolute Gasteiger partial charge is 0.378 e. The lowest BCUT2D eigenvalue weighted by atomic mass is 9.71. The molecule has 5 nitrogen and oxygen atoms in total. The highest BCUT2D eigenvalue weighted by molar-refractivity contribution is 5.83. The average Bonchev–Trinajstić information content (AvgIpc) is 3.20. The van der Waals surface area contributed by atoms with Crippen LogP contribution in [0.3, 0.4) is 0 Å². The summed E-state index contributed by atoms with van der Waals surface area (Å²) in [5.74, 6) is -0.468. The van der Waals surface area contributed by atoms with E-state index in [1.165, 1.54) is 0 Å². The zero-order valence-electron chi connectivity index (χ0n) is 18.4. The Kier molecular flexibility index (Phi) is 5.85. The Balaban J connectivity index is 1.73. The Morgan fingerprint density at radius 3 is 1.73 bits per heavy atom. The Morgan fingerprint density at radius 2 is 1.30 bits per heavy atom. The summed E-state index contributed by atoms with van der Waals surface area (Å²) >= 11 is 0. The first-order chi connectivity index (χ1) is 14.4. The number of rotatable bonds is 5. The number of Topliss-reactive ketones (excluding diaryl/α,β-unsaturated/α-hetero) is 1. The molecule has 0 aromatic heterocycles. The van der Waals surface area contributed by atoms with Crippen molar-refractivity contribution in [3.8, 4) is 0 Å². The molecule has 1 aliphatic heterocycles. The van der Waals surface area contributed by atoms with Gasteiger partial charge in [-0.3, -0.25) is 4.79 Å².